The number of nitrogens with zero attached hydrogens (tertiary/aromatic N) is 4. The van der Waals surface area contributed by atoms with E-state index in [2.05, 4.69) is 57.0 Å². The van der Waals surface area contributed by atoms with Gasteiger partial charge in [-0.2, -0.15) is 0 Å². The summed E-state index contributed by atoms with van der Waals surface area (Å²) in [4.78, 5) is 13.5. The molecule has 0 atom stereocenters. The van der Waals surface area contributed by atoms with E-state index in [9.17, 15) is 0 Å². The van der Waals surface area contributed by atoms with Crippen LogP contribution in [0.4, 0.5) is 0 Å². The topological polar surface area (TPSA) is 43.6 Å². The number of hydrogen-bond acceptors (Lipinski definition) is 4. The summed E-state index contributed by atoms with van der Waals surface area (Å²) in [5, 5.41) is 3.76. The van der Waals surface area contributed by atoms with Crippen LogP contribution in [0.1, 0.15) is 0 Å². The highest BCUT2D eigenvalue weighted by Crippen LogP contribution is 2.42. The van der Waals surface area contributed by atoms with Gasteiger partial charge in [-0.15, -0.1) is 11.3 Å². The van der Waals surface area contributed by atoms with Crippen LogP contribution in [0, 0.1) is 0 Å². The van der Waals surface area contributed by atoms with Crippen LogP contribution in [0.3, 0.4) is 0 Å². The van der Waals surface area contributed by atoms with Crippen LogP contribution >= 0.6 is 11.3 Å². The van der Waals surface area contributed by atoms with Gasteiger partial charge in [0, 0.05) is 44.1 Å². The third-order valence-electron chi connectivity index (χ3n) is 4.81. The average Bonchev–Trinajstić information content (AvgIpc) is 3.24. The third-order valence-corrected chi connectivity index (χ3v) is 6.01. The summed E-state index contributed by atoms with van der Waals surface area (Å²) in [6, 6.07) is 17.0. The van der Waals surface area contributed by atoms with Crippen molar-refractivity contribution in [2.45, 2.75) is 0 Å². The SMILES string of the molecule is c1ccc2c(c1)sc1c2ccc2c1c1ncccc1n2-c1cnccn1. The molecule has 0 amide bonds. The van der Waals surface area contributed by atoms with Gasteiger partial charge in [0.15, 0.2) is 5.82 Å². The van der Waals surface area contributed by atoms with Gasteiger partial charge in [0.05, 0.1) is 22.7 Å². The van der Waals surface area contributed by atoms with Crippen LogP contribution < -0.4 is 0 Å². The van der Waals surface area contributed by atoms with Gasteiger partial charge in [0.25, 0.3) is 0 Å². The lowest BCUT2D eigenvalue weighted by Gasteiger charge is -2.05. The Labute approximate surface area is 152 Å². The predicted molar refractivity (Wildman–Crippen MR) is 107 cm³/mol. The molecule has 4 nitrogen and oxygen atoms in total. The van der Waals surface area contributed by atoms with E-state index in [4.69, 9.17) is 4.98 Å². The van der Waals surface area contributed by atoms with Gasteiger partial charge in [-0.1, -0.05) is 24.3 Å². The lowest BCUT2D eigenvalue weighted by atomic mass is 10.1. The molecule has 122 valence electrons. The lowest BCUT2D eigenvalue weighted by molar-refractivity contribution is 1.04. The maximum absolute atomic E-state index is 4.71. The van der Waals surface area contributed by atoms with Crippen LogP contribution in [0.15, 0.2) is 73.3 Å². The number of aromatic nitrogens is 4. The first-order chi connectivity index (χ1) is 12.9. The maximum atomic E-state index is 4.71. The molecule has 0 aliphatic heterocycles. The molecule has 4 aromatic heterocycles. The summed E-state index contributed by atoms with van der Waals surface area (Å²) >= 11 is 1.83. The molecule has 0 aliphatic carbocycles. The van der Waals surface area contributed by atoms with Crippen molar-refractivity contribution >= 4 is 53.4 Å². The van der Waals surface area contributed by atoms with Gasteiger partial charge in [-0.3, -0.25) is 14.5 Å². The molecule has 0 saturated heterocycles. The molecule has 6 aromatic rings. The highest BCUT2D eigenvalue weighted by molar-refractivity contribution is 7.26. The summed E-state index contributed by atoms with van der Waals surface area (Å²) in [5.41, 5.74) is 3.16. The monoisotopic (exact) mass is 352 g/mol. The van der Waals surface area contributed by atoms with Crippen LogP contribution in [0.25, 0.3) is 47.9 Å². The summed E-state index contributed by atoms with van der Waals surface area (Å²) < 4.78 is 4.72. The Kier molecular flexibility index (Phi) is 2.73. The van der Waals surface area contributed by atoms with Crippen molar-refractivity contribution in [1.29, 1.82) is 0 Å². The highest BCUT2D eigenvalue weighted by atomic mass is 32.1. The zero-order chi connectivity index (χ0) is 17.1. The molecule has 26 heavy (non-hydrogen) atoms. The van der Waals surface area contributed by atoms with E-state index in [1.165, 1.54) is 25.6 Å². The third kappa shape index (κ3) is 1.75. The molecule has 4 heterocycles. The van der Waals surface area contributed by atoms with Crippen molar-refractivity contribution in [2.75, 3.05) is 0 Å². The Morgan fingerprint density at radius 1 is 0.769 bits per heavy atom. The number of fused-ring (bicyclic) bond motifs is 7. The van der Waals surface area contributed by atoms with E-state index in [1.807, 2.05) is 23.6 Å². The Bertz CT molecular complexity index is 1430. The second-order valence-electron chi connectivity index (χ2n) is 6.20. The van der Waals surface area contributed by atoms with Crippen molar-refractivity contribution < 1.29 is 0 Å². The Balaban J connectivity index is 1.89. The van der Waals surface area contributed by atoms with Crippen molar-refractivity contribution in [3.63, 3.8) is 0 Å². The molecule has 5 heteroatoms. The van der Waals surface area contributed by atoms with Crippen LogP contribution in [-0.2, 0) is 0 Å². The molecule has 0 radical (unpaired) electrons. The molecule has 0 saturated carbocycles. The fourth-order valence-corrected chi connectivity index (χ4v) is 4.99. The fraction of sp³-hybridized carbons (Fsp3) is 0. The smallest absolute Gasteiger partial charge is 0.156 e. The van der Waals surface area contributed by atoms with E-state index in [1.54, 1.807) is 18.6 Å². The maximum Gasteiger partial charge on any atom is 0.156 e. The average molecular weight is 352 g/mol. The van der Waals surface area contributed by atoms with Gasteiger partial charge in [0.2, 0.25) is 0 Å². The molecule has 0 fully saturated rings. The number of hydrogen-bond donors (Lipinski definition) is 0. The number of benzene rings is 2. The van der Waals surface area contributed by atoms with E-state index in [0.29, 0.717) is 0 Å². The first-order valence-electron chi connectivity index (χ1n) is 8.37. The molecule has 0 aliphatic rings. The van der Waals surface area contributed by atoms with Gasteiger partial charge in [-0.25, -0.2) is 4.98 Å². The lowest BCUT2D eigenvalue weighted by Crippen LogP contribution is -1.97. The van der Waals surface area contributed by atoms with E-state index < -0.39 is 0 Å². The minimum atomic E-state index is 0.806. The van der Waals surface area contributed by atoms with Gasteiger partial charge in [-0.05, 0) is 24.3 Å². The minimum Gasteiger partial charge on any atom is -0.291 e. The summed E-state index contributed by atoms with van der Waals surface area (Å²) in [5.74, 6) is 0.806. The second-order valence-corrected chi connectivity index (χ2v) is 7.26. The Hall–Kier alpha value is -3.31. The Morgan fingerprint density at radius 3 is 2.65 bits per heavy atom. The van der Waals surface area contributed by atoms with Gasteiger partial charge >= 0.3 is 0 Å². The first-order valence-corrected chi connectivity index (χ1v) is 9.19. The predicted octanol–water partition coefficient (Wildman–Crippen LogP) is 5.34. The van der Waals surface area contributed by atoms with Crippen molar-refractivity contribution in [3.05, 3.63) is 73.3 Å². The normalized spacial score (nSPS) is 11.8. The highest BCUT2D eigenvalue weighted by Gasteiger charge is 2.18. The van der Waals surface area contributed by atoms with Gasteiger partial charge < -0.3 is 0 Å². The molecule has 0 bridgehead atoms. The molecular weight excluding hydrogens is 340 g/mol. The standard InChI is InChI=1S/C21H12N4S/c1-2-6-17-13(4-1)14-7-8-15-19(21(14)26-17)20-16(5-3-9-24-20)25(15)18-12-22-10-11-23-18/h1-12H. The molecule has 0 spiro atoms. The fourth-order valence-electron chi connectivity index (χ4n) is 3.75. The van der Waals surface area contributed by atoms with Gasteiger partial charge in [0.1, 0.15) is 0 Å². The zero-order valence-electron chi connectivity index (χ0n) is 13.6. The summed E-state index contributed by atoms with van der Waals surface area (Å²) in [7, 11) is 0. The van der Waals surface area contributed by atoms with E-state index in [-0.39, 0.29) is 0 Å². The van der Waals surface area contributed by atoms with Crippen molar-refractivity contribution in [3.8, 4) is 5.82 Å². The van der Waals surface area contributed by atoms with E-state index in [0.717, 1.165) is 22.4 Å². The first kappa shape index (κ1) is 13.9. The van der Waals surface area contributed by atoms with E-state index >= 15 is 0 Å². The van der Waals surface area contributed by atoms with Crippen LogP contribution in [0.5, 0.6) is 0 Å². The van der Waals surface area contributed by atoms with Crippen molar-refractivity contribution in [1.82, 2.24) is 19.5 Å². The Morgan fingerprint density at radius 2 is 1.73 bits per heavy atom. The zero-order valence-corrected chi connectivity index (χ0v) is 14.4. The minimum absolute atomic E-state index is 0.806. The molecule has 2 aromatic carbocycles. The quantitative estimate of drug-likeness (QED) is 0.401. The molecular formula is C21H12N4S. The largest absolute Gasteiger partial charge is 0.291 e. The molecule has 6 rings (SSSR count). The number of rotatable bonds is 1. The number of pyridine rings is 1. The van der Waals surface area contributed by atoms with Crippen molar-refractivity contribution in [2.24, 2.45) is 0 Å². The second kappa shape index (κ2) is 5.09. The van der Waals surface area contributed by atoms with Crippen LogP contribution in [-0.4, -0.2) is 19.5 Å². The number of thiophene rings is 1. The van der Waals surface area contributed by atoms with Crippen LogP contribution in [0.2, 0.25) is 0 Å². The molecule has 0 unspecified atom stereocenters. The summed E-state index contributed by atoms with van der Waals surface area (Å²) in [6.07, 6.45) is 7.07. The molecule has 0 N–H and O–H groups in total. The summed E-state index contributed by atoms with van der Waals surface area (Å²) in [6.45, 7) is 0.